The van der Waals surface area contributed by atoms with Gasteiger partial charge in [0.15, 0.2) is 0 Å². The van der Waals surface area contributed by atoms with E-state index in [2.05, 4.69) is 10.3 Å². The summed E-state index contributed by atoms with van der Waals surface area (Å²) in [6.45, 7) is 2.51. The Balaban J connectivity index is 1.72. The Morgan fingerprint density at radius 2 is 2.11 bits per heavy atom. The molecule has 0 atom stereocenters. The summed E-state index contributed by atoms with van der Waals surface area (Å²) in [5, 5.41) is 3.14. The maximum Gasteiger partial charge on any atom is 0.215 e. The van der Waals surface area contributed by atoms with E-state index in [1.165, 1.54) is 0 Å². The van der Waals surface area contributed by atoms with Crippen LogP contribution in [-0.4, -0.2) is 43.1 Å². The third kappa shape index (κ3) is 3.76. The number of rotatable bonds is 6. The van der Waals surface area contributed by atoms with Gasteiger partial charge in [-0.3, -0.25) is 4.98 Å². The van der Waals surface area contributed by atoms with Crippen LogP contribution in [0.1, 0.15) is 18.4 Å². The van der Waals surface area contributed by atoms with Gasteiger partial charge in [0.05, 0.1) is 5.75 Å². The van der Waals surface area contributed by atoms with Gasteiger partial charge < -0.3 is 5.32 Å². The molecule has 1 fully saturated rings. The highest BCUT2D eigenvalue weighted by Gasteiger charge is 2.24. The molecule has 1 aliphatic rings. The first-order chi connectivity index (χ1) is 8.68. The number of pyridine rings is 1. The maximum atomic E-state index is 11.9. The van der Waals surface area contributed by atoms with Crippen molar-refractivity contribution in [3.63, 3.8) is 0 Å². The zero-order valence-corrected chi connectivity index (χ0v) is 11.2. The first-order valence-electron chi connectivity index (χ1n) is 6.26. The van der Waals surface area contributed by atoms with Gasteiger partial charge in [-0.1, -0.05) is 6.07 Å². The van der Waals surface area contributed by atoms with Crippen molar-refractivity contribution in [3.05, 3.63) is 30.1 Å². The lowest BCUT2D eigenvalue weighted by molar-refractivity contribution is 0.475. The molecule has 18 heavy (non-hydrogen) atoms. The Morgan fingerprint density at radius 3 is 2.78 bits per heavy atom. The summed E-state index contributed by atoms with van der Waals surface area (Å²) in [6, 6.07) is 3.84. The molecule has 1 saturated heterocycles. The molecule has 1 aromatic heterocycles. The van der Waals surface area contributed by atoms with E-state index in [4.69, 9.17) is 0 Å². The third-order valence-corrected chi connectivity index (χ3v) is 4.92. The van der Waals surface area contributed by atoms with Crippen LogP contribution >= 0.6 is 0 Å². The standard InChI is InChI=1S/C12H19N3O2S/c16-18(17,15-7-1-2-8-15)9-6-14-11-12-4-3-5-13-10-12/h3-5,10,14H,1-2,6-9,11H2. The highest BCUT2D eigenvalue weighted by molar-refractivity contribution is 7.89. The maximum absolute atomic E-state index is 11.9. The summed E-state index contributed by atoms with van der Waals surface area (Å²) < 4.78 is 25.4. The Morgan fingerprint density at radius 1 is 1.33 bits per heavy atom. The van der Waals surface area contributed by atoms with Crippen molar-refractivity contribution < 1.29 is 8.42 Å². The number of nitrogens with zero attached hydrogens (tertiary/aromatic N) is 2. The average Bonchev–Trinajstić information content (AvgIpc) is 2.91. The van der Waals surface area contributed by atoms with Gasteiger partial charge in [-0.05, 0) is 24.5 Å². The van der Waals surface area contributed by atoms with Crippen LogP contribution in [0.2, 0.25) is 0 Å². The van der Waals surface area contributed by atoms with Gasteiger partial charge in [0, 0.05) is 38.6 Å². The van der Waals surface area contributed by atoms with Crippen LogP contribution in [0.4, 0.5) is 0 Å². The fraction of sp³-hybridized carbons (Fsp3) is 0.583. The molecular formula is C12H19N3O2S. The molecule has 5 nitrogen and oxygen atoms in total. The molecule has 0 bridgehead atoms. The van der Waals surface area contributed by atoms with Crippen LogP contribution in [0.3, 0.4) is 0 Å². The molecule has 6 heteroatoms. The lowest BCUT2D eigenvalue weighted by Gasteiger charge is -2.15. The first kappa shape index (κ1) is 13.5. The van der Waals surface area contributed by atoms with Crippen molar-refractivity contribution in [2.24, 2.45) is 0 Å². The molecular weight excluding hydrogens is 250 g/mol. The molecule has 0 aliphatic carbocycles. The van der Waals surface area contributed by atoms with Crippen molar-refractivity contribution in [3.8, 4) is 0 Å². The molecule has 100 valence electrons. The van der Waals surface area contributed by atoms with Crippen molar-refractivity contribution in [1.82, 2.24) is 14.6 Å². The summed E-state index contributed by atoms with van der Waals surface area (Å²) in [4.78, 5) is 4.01. The summed E-state index contributed by atoms with van der Waals surface area (Å²) in [6.07, 6.45) is 5.48. The summed E-state index contributed by atoms with van der Waals surface area (Å²) in [5.41, 5.74) is 1.07. The van der Waals surface area contributed by atoms with E-state index >= 15 is 0 Å². The highest BCUT2D eigenvalue weighted by Crippen LogP contribution is 2.12. The van der Waals surface area contributed by atoms with E-state index in [1.807, 2.05) is 12.1 Å². The lowest BCUT2D eigenvalue weighted by Crippen LogP contribution is -2.34. The number of aromatic nitrogens is 1. The Labute approximate surface area is 108 Å². The van der Waals surface area contributed by atoms with Crippen molar-refractivity contribution in [2.75, 3.05) is 25.4 Å². The summed E-state index contributed by atoms with van der Waals surface area (Å²) in [7, 11) is -3.06. The minimum atomic E-state index is -3.06. The number of hydrogen-bond acceptors (Lipinski definition) is 4. The number of sulfonamides is 1. The van der Waals surface area contributed by atoms with Crippen molar-refractivity contribution in [1.29, 1.82) is 0 Å². The smallest absolute Gasteiger partial charge is 0.215 e. The SMILES string of the molecule is O=S(=O)(CCNCc1cccnc1)N1CCCC1. The lowest BCUT2D eigenvalue weighted by atomic mass is 10.3. The van der Waals surface area contributed by atoms with Crippen LogP contribution in [0.25, 0.3) is 0 Å². The molecule has 0 spiro atoms. The zero-order valence-electron chi connectivity index (χ0n) is 10.4. The second-order valence-corrected chi connectivity index (χ2v) is 6.55. The molecule has 2 rings (SSSR count). The predicted molar refractivity (Wildman–Crippen MR) is 70.5 cm³/mol. The Hall–Kier alpha value is -0.980. The fourth-order valence-corrected chi connectivity index (χ4v) is 3.51. The van der Waals surface area contributed by atoms with E-state index in [0.29, 0.717) is 26.2 Å². The van der Waals surface area contributed by atoms with E-state index in [9.17, 15) is 8.42 Å². The van der Waals surface area contributed by atoms with Gasteiger partial charge >= 0.3 is 0 Å². The Kier molecular flexibility index (Phi) is 4.68. The monoisotopic (exact) mass is 269 g/mol. The van der Waals surface area contributed by atoms with Gasteiger partial charge in [0.1, 0.15) is 0 Å². The van der Waals surface area contributed by atoms with Crippen LogP contribution in [-0.2, 0) is 16.6 Å². The molecule has 2 heterocycles. The van der Waals surface area contributed by atoms with E-state index < -0.39 is 10.0 Å². The molecule has 0 aromatic carbocycles. The molecule has 1 aromatic rings. The number of hydrogen-bond donors (Lipinski definition) is 1. The summed E-state index contributed by atoms with van der Waals surface area (Å²) in [5.74, 6) is 0.174. The van der Waals surface area contributed by atoms with Gasteiger partial charge in [-0.25, -0.2) is 12.7 Å². The molecule has 1 aliphatic heterocycles. The van der Waals surface area contributed by atoms with Crippen LogP contribution in [0.5, 0.6) is 0 Å². The predicted octanol–water partition coefficient (Wildman–Crippen LogP) is 0.597. The van der Waals surface area contributed by atoms with Crippen LogP contribution in [0, 0.1) is 0 Å². The minimum Gasteiger partial charge on any atom is -0.312 e. The zero-order chi connectivity index (χ0) is 12.8. The average molecular weight is 269 g/mol. The molecule has 0 saturated carbocycles. The minimum absolute atomic E-state index is 0.174. The second-order valence-electron chi connectivity index (χ2n) is 4.46. The molecule has 0 radical (unpaired) electrons. The highest BCUT2D eigenvalue weighted by atomic mass is 32.2. The topological polar surface area (TPSA) is 62.3 Å². The van der Waals surface area contributed by atoms with E-state index in [1.54, 1.807) is 16.7 Å². The van der Waals surface area contributed by atoms with Crippen LogP contribution in [0.15, 0.2) is 24.5 Å². The van der Waals surface area contributed by atoms with Gasteiger partial charge in [-0.2, -0.15) is 0 Å². The van der Waals surface area contributed by atoms with Gasteiger partial charge in [-0.15, -0.1) is 0 Å². The molecule has 0 unspecified atom stereocenters. The normalized spacial score (nSPS) is 17.1. The number of nitrogens with one attached hydrogen (secondary N) is 1. The van der Waals surface area contributed by atoms with Crippen molar-refractivity contribution in [2.45, 2.75) is 19.4 Å². The van der Waals surface area contributed by atoms with E-state index in [-0.39, 0.29) is 5.75 Å². The third-order valence-electron chi connectivity index (χ3n) is 3.05. The largest absolute Gasteiger partial charge is 0.312 e. The quantitative estimate of drug-likeness (QED) is 0.768. The fourth-order valence-electron chi connectivity index (χ4n) is 2.03. The summed E-state index contributed by atoms with van der Waals surface area (Å²) >= 11 is 0. The van der Waals surface area contributed by atoms with Gasteiger partial charge in [0.25, 0.3) is 0 Å². The van der Waals surface area contributed by atoms with Gasteiger partial charge in [0.2, 0.25) is 10.0 Å². The molecule has 1 N–H and O–H groups in total. The Bertz CT molecular complexity index is 455. The van der Waals surface area contributed by atoms with Crippen LogP contribution < -0.4 is 5.32 Å². The van der Waals surface area contributed by atoms with Crippen molar-refractivity contribution >= 4 is 10.0 Å². The second kappa shape index (κ2) is 6.26. The van der Waals surface area contributed by atoms with E-state index in [0.717, 1.165) is 18.4 Å². The first-order valence-corrected chi connectivity index (χ1v) is 7.87. The molecule has 0 amide bonds.